The minimum atomic E-state index is -1.36. The first-order valence-corrected chi connectivity index (χ1v) is 8.90. The zero-order chi connectivity index (χ0) is 18.9. The van der Waals surface area contributed by atoms with Gasteiger partial charge in [0.25, 0.3) is 0 Å². The van der Waals surface area contributed by atoms with Crippen molar-refractivity contribution in [3.05, 3.63) is 35.9 Å². The first-order chi connectivity index (χ1) is 12.4. The Morgan fingerprint density at radius 2 is 1.96 bits per heavy atom. The molecule has 5 atom stereocenters. The van der Waals surface area contributed by atoms with E-state index in [0.29, 0.717) is 0 Å². The minimum Gasteiger partial charge on any atom is -0.464 e. The molecule has 1 heterocycles. The molecule has 2 aliphatic rings. The molecule has 0 spiro atoms. The Morgan fingerprint density at radius 3 is 2.62 bits per heavy atom. The highest BCUT2D eigenvalue weighted by atomic mass is 16.6. The van der Waals surface area contributed by atoms with Crippen molar-refractivity contribution in [2.45, 2.75) is 44.6 Å². The Balaban J connectivity index is 1.76. The van der Waals surface area contributed by atoms with E-state index in [-0.39, 0.29) is 32.1 Å². The van der Waals surface area contributed by atoms with Crippen molar-refractivity contribution in [3.63, 3.8) is 0 Å². The second-order valence-electron chi connectivity index (χ2n) is 7.14. The Hall–Kier alpha value is -2.12. The van der Waals surface area contributed by atoms with Crippen LogP contribution in [0.4, 0.5) is 4.79 Å². The van der Waals surface area contributed by atoms with Gasteiger partial charge in [-0.3, -0.25) is 4.90 Å². The van der Waals surface area contributed by atoms with Crippen LogP contribution >= 0.6 is 0 Å². The first-order valence-electron chi connectivity index (χ1n) is 8.90. The van der Waals surface area contributed by atoms with Gasteiger partial charge >= 0.3 is 12.1 Å². The molecule has 2 N–H and O–H groups in total. The van der Waals surface area contributed by atoms with Gasteiger partial charge in [-0.05, 0) is 25.8 Å². The van der Waals surface area contributed by atoms with Crippen LogP contribution in [-0.2, 0) is 20.9 Å². The largest absolute Gasteiger partial charge is 0.464 e. The summed E-state index contributed by atoms with van der Waals surface area (Å²) >= 11 is 0. The predicted molar refractivity (Wildman–Crippen MR) is 92.0 cm³/mol. The van der Waals surface area contributed by atoms with E-state index in [0.717, 1.165) is 5.56 Å². The molecule has 2 unspecified atom stereocenters. The number of hydrogen-bond acceptors (Lipinski definition) is 6. The summed E-state index contributed by atoms with van der Waals surface area (Å²) in [7, 11) is 0. The number of hydrogen-bond donors (Lipinski definition) is 2. The van der Waals surface area contributed by atoms with Crippen molar-refractivity contribution in [3.8, 4) is 0 Å². The Kier molecular flexibility index (Phi) is 5.20. The van der Waals surface area contributed by atoms with E-state index < -0.39 is 35.7 Å². The fourth-order valence-corrected chi connectivity index (χ4v) is 4.09. The smallest absolute Gasteiger partial charge is 0.410 e. The highest BCUT2D eigenvalue weighted by Crippen LogP contribution is 2.48. The summed E-state index contributed by atoms with van der Waals surface area (Å²) in [4.78, 5) is 26.4. The minimum absolute atomic E-state index is 0.0973. The number of fused-ring (bicyclic) bond motifs is 1. The number of rotatable bonds is 4. The summed E-state index contributed by atoms with van der Waals surface area (Å²) in [5.41, 5.74) is -0.514. The number of esters is 1. The lowest BCUT2D eigenvalue weighted by molar-refractivity contribution is -0.149. The van der Waals surface area contributed by atoms with Gasteiger partial charge in [0.1, 0.15) is 12.6 Å². The number of benzene rings is 1. The maximum atomic E-state index is 12.6. The molecule has 142 valence electrons. The summed E-state index contributed by atoms with van der Waals surface area (Å²) in [6.07, 6.45) is -1.31. The number of nitrogens with zero attached hydrogens (tertiary/aromatic N) is 1. The molecule has 2 fully saturated rings. The number of likely N-dealkylation sites (tertiary alicyclic amines) is 1. The van der Waals surface area contributed by atoms with Crippen LogP contribution in [0.1, 0.15) is 25.8 Å². The van der Waals surface area contributed by atoms with Crippen LogP contribution in [0.3, 0.4) is 0 Å². The zero-order valence-corrected chi connectivity index (χ0v) is 15.0. The number of carbonyl (C=O) groups excluding carboxylic acids is 2. The average Bonchev–Trinajstić information content (AvgIpc) is 3.09. The lowest BCUT2D eigenvalue weighted by Gasteiger charge is -2.29. The molecule has 0 radical (unpaired) electrons. The predicted octanol–water partition coefficient (Wildman–Crippen LogP) is 1.32. The van der Waals surface area contributed by atoms with Crippen LogP contribution in [-0.4, -0.2) is 58.1 Å². The average molecular weight is 363 g/mol. The summed E-state index contributed by atoms with van der Waals surface area (Å²) in [6.45, 7) is 3.68. The molecule has 0 bridgehead atoms. The van der Waals surface area contributed by atoms with E-state index in [2.05, 4.69) is 0 Å². The van der Waals surface area contributed by atoms with Crippen molar-refractivity contribution in [1.29, 1.82) is 0 Å². The fourth-order valence-electron chi connectivity index (χ4n) is 4.09. The summed E-state index contributed by atoms with van der Waals surface area (Å²) < 4.78 is 10.5. The van der Waals surface area contributed by atoms with Gasteiger partial charge < -0.3 is 19.7 Å². The van der Waals surface area contributed by atoms with Crippen LogP contribution in [0.15, 0.2) is 30.3 Å². The Morgan fingerprint density at radius 1 is 1.27 bits per heavy atom. The molecule has 3 rings (SSSR count). The third-order valence-electron chi connectivity index (χ3n) is 5.54. The van der Waals surface area contributed by atoms with Gasteiger partial charge in [-0.1, -0.05) is 30.3 Å². The van der Waals surface area contributed by atoms with Crippen molar-refractivity contribution >= 4 is 12.1 Å². The summed E-state index contributed by atoms with van der Waals surface area (Å²) in [6, 6.07) is 8.41. The van der Waals surface area contributed by atoms with E-state index in [1.165, 1.54) is 4.90 Å². The molecule has 1 aromatic carbocycles. The van der Waals surface area contributed by atoms with Gasteiger partial charge in [0.15, 0.2) is 0 Å². The summed E-state index contributed by atoms with van der Waals surface area (Å²) in [5, 5.41) is 20.7. The lowest BCUT2D eigenvalue weighted by atomic mass is 9.87. The zero-order valence-electron chi connectivity index (χ0n) is 15.0. The van der Waals surface area contributed by atoms with Gasteiger partial charge in [0, 0.05) is 18.4 Å². The van der Waals surface area contributed by atoms with Crippen LogP contribution in [0.2, 0.25) is 0 Å². The SMILES string of the molecule is CCOC(=O)[C@@H]1[C@H]2CC(O)C(C)(O)[C@H]2CN1C(=O)OCc1ccccc1. The quantitative estimate of drug-likeness (QED) is 0.783. The molecule has 1 saturated heterocycles. The first kappa shape index (κ1) is 18.7. The topological polar surface area (TPSA) is 96.3 Å². The van der Waals surface area contributed by atoms with Crippen molar-refractivity contribution in [2.75, 3.05) is 13.2 Å². The number of amides is 1. The monoisotopic (exact) mass is 363 g/mol. The maximum Gasteiger partial charge on any atom is 0.410 e. The third kappa shape index (κ3) is 3.29. The number of aliphatic hydroxyl groups excluding tert-OH is 1. The number of carbonyl (C=O) groups is 2. The maximum absolute atomic E-state index is 12.6. The molecule has 7 nitrogen and oxygen atoms in total. The van der Waals surface area contributed by atoms with E-state index in [1.54, 1.807) is 13.8 Å². The van der Waals surface area contributed by atoms with E-state index >= 15 is 0 Å². The van der Waals surface area contributed by atoms with Gasteiger partial charge in [-0.25, -0.2) is 9.59 Å². The standard InChI is InChI=1S/C19H25NO6/c1-3-25-17(22)16-13-9-15(21)19(2,24)14(13)10-20(16)18(23)26-11-12-7-5-4-6-8-12/h4-8,13-16,21,24H,3,9-11H2,1-2H3/t13-,14-,15?,16-,19?/m0/s1. The number of ether oxygens (including phenoxy) is 2. The molecule has 1 aliphatic heterocycles. The Labute approximate surface area is 152 Å². The van der Waals surface area contributed by atoms with Gasteiger partial charge in [-0.2, -0.15) is 0 Å². The van der Waals surface area contributed by atoms with Crippen LogP contribution in [0.5, 0.6) is 0 Å². The molecule has 1 saturated carbocycles. The Bertz CT molecular complexity index is 661. The van der Waals surface area contributed by atoms with Crippen molar-refractivity contribution in [1.82, 2.24) is 4.90 Å². The highest BCUT2D eigenvalue weighted by molar-refractivity contribution is 5.83. The van der Waals surface area contributed by atoms with Gasteiger partial charge in [0.05, 0.1) is 18.3 Å². The van der Waals surface area contributed by atoms with Crippen LogP contribution in [0.25, 0.3) is 0 Å². The highest BCUT2D eigenvalue weighted by Gasteiger charge is 2.61. The van der Waals surface area contributed by atoms with E-state index in [9.17, 15) is 19.8 Å². The van der Waals surface area contributed by atoms with E-state index in [4.69, 9.17) is 9.47 Å². The van der Waals surface area contributed by atoms with E-state index in [1.807, 2.05) is 30.3 Å². The third-order valence-corrected chi connectivity index (χ3v) is 5.54. The molecule has 1 aliphatic carbocycles. The fraction of sp³-hybridized carbons (Fsp3) is 0.579. The van der Waals surface area contributed by atoms with Crippen LogP contribution < -0.4 is 0 Å². The molecule has 1 amide bonds. The van der Waals surface area contributed by atoms with Gasteiger partial charge in [0.2, 0.25) is 0 Å². The normalized spacial score (nSPS) is 33.0. The second-order valence-corrected chi connectivity index (χ2v) is 7.14. The molecule has 1 aromatic rings. The molecule has 0 aromatic heterocycles. The van der Waals surface area contributed by atoms with Gasteiger partial charge in [-0.15, -0.1) is 0 Å². The van der Waals surface area contributed by atoms with Crippen LogP contribution in [0, 0.1) is 11.8 Å². The number of aliphatic hydroxyl groups is 2. The van der Waals surface area contributed by atoms with Crippen molar-refractivity contribution in [2.24, 2.45) is 11.8 Å². The molecule has 26 heavy (non-hydrogen) atoms. The lowest BCUT2D eigenvalue weighted by Crippen LogP contribution is -2.46. The molecular weight excluding hydrogens is 338 g/mol. The second kappa shape index (κ2) is 7.25. The summed E-state index contributed by atoms with van der Waals surface area (Å²) in [5.74, 6) is -1.29. The molecular formula is C19H25NO6. The van der Waals surface area contributed by atoms with Crippen molar-refractivity contribution < 1.29 is 29.3 Å². The molecule has 7 heteroatoms.